The number of hydrogen-bond acceptors (Lipinski definition) is 1. The number of hydrogen-bond donors (Lipinski definition) is 0. The summed E-state index contributed by atoms with van der Waals surface area (Å²) in [5.74, 6) is 4.05. The Balaban J connectivity index is 2.17. The van der Waals surface area contributed by atoms with Crippen molar-refractivity contribution in [3.8, 4) is 16.5 Å². The Labute approximate surface area is 114 Å². The van der Waals surface area contributed by atoms with Crippen molar-refractivity contribution in [3.05, 3.63) is 59.7 Å². The molecule has 0 atom stereocenters. The molecule has 0 saturated heterocycles. The topological polar surface area (TPSA) is 9.23 Å². The monoisotopic (exact) mass is 302 g/mol. The van der Waals surface area contributed by atoms with Crippen LogP contribution in [0.1, 0.15) is 11.1 Å². The summed E-state index contributed by atoms with van der Waals surface area (Å²) < 4.78 is 6.60. The number of methoxy groups -OCH3 is 1. The molecule has 18 heavy (non-hydrogen) atoms. The Morgan fingerprint density at radius 2 is 1.83 bits per heavy atom. The summed E-state index contributed by atoms with van der Waals surface area (Å²) in [7, 11) is 1.68. The van der Waals surface area contributed by atoms with Crippen LogP contribution in [-0.2, 0) is 0 Å². The predicted molar refractivity (Wildman–Crippen MR) is 76.4 cm³/mol. The average Bonchev–Trinajstić information content (AvgIpc) is 2.40. The van der Waals surface area contributed by atoms with E-state index in [1.165, 1.54) is 10.0 Å². The van der Waals surface area contributed by atoms with Crippen molar-refractivity contribution in [2.45, 2.75) is 6.92 Å². The van der Waals surface area contributed by atoms with E-state index in [2.05, 4.69) is 35.9 Å². The van der Waals surface area contributed by atoms with Gasteiger partial charge in [0.2, 0.25) is 0 Å². The molecule has 0 heterocycles. The van der Waals surface area contributed by atoms with Gasteiger partial charge in [0.05, 0.1) is 0 Å². The maximum atomic E-state index is 5.31. The van der Waals surface area contributed by atoms with Crippen LogP contribution in [0, 0.1) is 17.7 Å². The summed E-state index contributed by atoms with van der Waals surface area (Å²) in [6.07, 6.45) is 0. The van der Waals surface area contributed by atoms with Crippen LogP contribution in [0.4, 0.5) is 0 Å². The Hall–Kier alpha value is -1.68. The van der Waals surface area contributed by atoms with Crippen molar-refractivity contribution in [1.29, 1.82) is 0 Å². The molecule has 0 radical (unpaired) electrons. The van der Waals surface area contributed by atoms with E-state index < -0.39 is 0 Å². The van der Waals surface area contributed by atoms with Gasteiger partial charge in [0.15, 0.2) is 0 Å². The normalized spacial score (nSPS) is 9.44. The van der Waals surface area contributed by atoms with E-state index in [4.69, 9.17) is 4.74 Å². The fourth-order valence-electron chi connectivity index (χ4n) is 1.55. The SMILES string of the molecule is COc1ccc(C)cc1C#C[Se]c1ccccc1. The van der Waals surface area contributed by atoms with Crippen LogP contribution in [0.5, 0.6) is 5.75 Å². The standard InChI is InChI=1S/C16H14OSe/c1-13-8-9-16(17-2)14(12-13)10-11-18-15-6-4-3-5-7-15/h3-9,12H,1-2H3. The number of aryl methyl sites for hydroxylation is 1. The first-order chi connectivity index (χ1) is 8.79. The van der Waals surface area contributed by atoms with Gasteiger partial charge >= 0.3 is 114 Å². The molecular formula is C16H14OSe. The first-order valence-corrected chi connectivity index (χ1v) is 7.38. The van der Waals surface area contributed by atoms with Crippen LogP contribution < -0.4 is 9.20 Å². The van der Waals surface area contributed by atoms with E-state index in [9.17, 15) is 0 Å². The summed E-state index contributed by atoms with van der Waals surface area (Å²) >= 11 is 0.190. The first-order valence-electron chi connectivity index (χ1n) is 5.67. The second-order valence-corrected chi connectivity index (χ2v) is 5.69. The third-order valence-corrected chi connectivity index (χ3v) is 3.95. The van der Waals surface area contributed by atoms with Crippen LogP contribution in [0.3, 0.4) is 0 Å². The molecule has 0 saturated carbocycles. The second-order valence-electron chi connectivity index (χ2n) is 3.85. The van der Waals surface area contributed by atoms with E-state index >= 15 is 0 Å². The van der Waals surface area contributed by atoms with Crippen LogP contribution in [0.25, 0.3) is 0 Å². The maximum absolute atomic E-state index is 5.31. The average molecular weight is 301 g/mol. The first kappa shape index (κ1) is 12.8. The fraction of sp³-hybridized carbons (Fsp3) is 0.125. The van der Waals surface area contributed by atoms with Gasteiger partial charge in [-0.05, 0) is 0 Å². The molecule has 90 valence electrons. The zero-order valence-corrected chi connectivity index (χ0v) is 12.1. The van der Waals surface area contributed by atoms with Gasteiger partial charge in [-0.15, -0.1) is 0 Å². The molecule has 0 amide bonds. The van der Waals surface area contributed by atoms with Gasteiger partial charge in [0.25, 0.3) is 0 Å². The summed E-state index contributed by atoms with van der Waals surface area (Å²) in [6, 6.07) is 16.4. The van der Waals surface area contributed by atoms with Crippen molar-refractivity contribution in [2.75, 3.05) is 7.11 Å². The van der Waals surface area contributed by atoms with Crippen LogP contribution in [0.15, 0.2) is 48.5 Å². The van der Waals surface area contributed by atoms with E-state index in [0.29, 0.717) is 0 Å². The number of benzene rings is 2. The van der Waals surface area contributed by atoms with E-state index in [1.54, 1.807) is 7.11 Å². The van der Waals surface area contributed by atoms with E-state index in [0.717, 1.165) is 11.3 Å². The molecule has 0 bridgehead atoms. The third-order valence-electron chi connectivity index (χ3n) is 2.45. The Morgan fingerprint density at radius 3 is 2.56 bits per heavy atom. The number of rotatable bonds is 2. The van der Waals surface area contributed by atoms with Gasteiger partial charge in [-0.25, -0.2) is 0 Å². The Morgan fingerprint density at radius 1 is 1.06 bits per heavy atom. The van der Waals surface area contributed by atoms with Crippen molar-refractivity contribution >= 4 is 19.4 Å². The quantitative estimate of drug-likeness (QED) is 0.611. The summed E-state index contributed by atoms with van der Waals surface area (Å²) in [5.41, 5.74) is 2.17. The predicted octanol–water partition coefficient (Wildman–Crippen LogP) is 2.34. The van der Waals surface area contributed by atoms with Gasteiger partial charge in [-0.1, -0.05) is 0 Å². The molecule has 2 aromatic rings. The van der Waals surface area contributed by atoms with Crippen molar-refractivity contribution in [1.82, 2.24) is 0 Å². The molecule has 2 rings (SSSR count). The molecule has 0 aliphatic heterocycles. The van der Waals surface area contributed by atoms with Crippen molar-refractivity contribution in [2.24, 2.45) is 0 Å². The summed E-state index contributed by atoms with van der Waals surface area (Å²) in [6.45, 7) is 2.06. The number of ether oxygens (including phenoxy) is 1. The molecule has 0 aliphatic rings. The molecule has 0 aliphatic carbocycles. The van der Waals surface area contributed by atoms with Crippen molar-refractivity contribution in [3.63, 3.8) is 0 Å². The Kier molecular flexibility index (Phi) is 4.47. The van der Waals surface area contributed by atoms with Crippen LogP contribution >= 0.6 is 0 Å². The van der Waals surface area contributed by atoms with Crippen LogP contribution in [0.2, 0.25) is 0 Å². The molecule has 0 spiro atoms. The zero-order valence-electron chi connectivity index (χ0n) is 10.4. The molecule has 0 unspecified atom stereocenters. The third kappa shape index (κ3) is 3.40. The molecule has 0 fully saturated rings. The van der Waals surface area contributed by atoms with Gasteiger partial charge < -0.3 is 0 Å². The Bertz CT molecular complexity index is 579. The minimum absolute atomic E-state index is 0.190. The van der Waals surface area contributed by atoms with Gasteiger partial charge in [-0.3, -0.25) is 0 Å². The molecule has 2 aromatic carbocycles. The van der Waals surface area contributed by atoms with E-state index in [-0.39, 0.29) is 15.0 Å². The molecule has 2 heteroatoms. The van der Waals surface area contributed by atoms with Gasteiger partial charge in [-0.2, -0.15) is 0 Å². The molecule has 0 aromatic heterocycles. The van der Waals surface area contributed by atoms with Crippen molar-refractivity contribution < 1.29 is 4.74 Å². The van der Waals surface area contributed by atoms with Gasteiger partial charge in [0, 0.05) is 0 Å². The fourth-order valence-corrected chi connectivity index (χ4v) is 2.75. The molecule has 1 nitrogen and oxygen atoms in total. The summed E-state index contributed by atoms with van der Waals surface area (Å²) in [4.78, 5) is 3.25. The van der Waals surface area contributed by atoms with Crippen LogP contribution in [-0.4, -0.2) is 22.1 Å². The minimum atomic E-state index is 0.190. The molecule has 0 N–H and O–H groups in total. The zero-order chi connectivity index (χ0) is 12.8. The van der Waals surface area contributed by atoms with Gasteiger partial charge in [0.1, 0.15) is 0 Å². The molecular weight excluding hydrogens is 287 g/mol. The second kappa shape index (κ2) is 6.31. The summed E-state index contributed by atoms with van der Waals surface area (Å²) in [5, 5.41) is 0. The van der Waals surface area contributed by atoms with E-state index in [1.807, 2.05) is 30.3 Å².